The second kappa shape index (κ2) is 9.06. The van der Waals surface area contributed by atoms with Crippen molar-refractivity contribution in [2.75, 3.05) is 18.9 Å². The van der Waals surface area contributed by atoms with Gasteiger partial charge in [-0.3, -0.25) is 4.79 Å². The minimum absolute atomic E-state index is 0.114. The normalized spacial score (nSPS) is 12.8. The van der Waals surface area contributed by atoms with Gasteiger partial charge in [0, 0.05) is 30.2 Å². The Bertz CT molecular complexity index is 600. The van der Waals surface area contributed by atoms with Crippen LogP contribution >= 0.6 is 11.8 Å². The summed E-state index contributed by atoms with van der Waals surface area (Å²) in [5, 5.41) is 20.6. The number of nitriles is 1. The maximum Gasteiger partial charge on any atom is 0.321 e. The third-order valence-electron chi connectivity index (χ3n) is 3.15. The molecule has 1 aromatic rings. The number of hydrogen-bond acceptors (Lipinski definition) is 4. The highest BCUT2D eigenvalue weighted by atomic mass is 32.2. The Morgan fingerprint density at radius 2 is 2.04 bits per heavy atom. The van der Waals surface area contributed by atoms with Gasteiger partial charge in [-0.05, 0) is 12.1 Å². The summed E-state index contributed by atoms with van der Waals surface area (Å²) < 4.78 is 0. The fraction of sp³-hybridized carbons (Fsp3) is 0.438. The molecule has 0 bridgehead atoms. The second-order valence-corrected chi connectivity index (χ2v) is 6.82. The van der Waals surface area contributed by atoms with Crippen LogP contribution in [0.15, 0.2) is 29.2 Å². The van der Waals surface area contributed by atoms with Crippen LogP contribution in [0.25, 0.3) is 0 Å². The summed E-state index contributed by atoms with van der Waals surface area (Å²) in [7, 11) is 1.56. The maximum atomic E-state index is 12.2. The topological polar surface area (TPSA) is 93.4 Å². The molecule has 2 N–H and O–H groups in total. The molecule has 124 valence electrons. The zero-order chi connectivity index (χ0) is 17.4. The molecule has 0 aliphatic rings. The first-order valence-corrected chi connectivity index (χ1v) is 8.10. The summed E-state index contributed by atoms with van der Waals surface area (Å²) in [4.78, 5) is 25.3. The van der Waals surface area contributed by atoms with Crippen molar-refractivity contribution >= 4 is 29.4 Å². The van der Waals surface area contributed by atoms with Crippen molar-refractivity contribution in [3.05, 3.63) is 24.3 Å². The van der Waals surface area contributed by atoms with Crippen LogP contribution in [0.4, 0.5) is 10.5 Å². The van der Waals surface area contributed by atoms with Crippen LogP contribution in [0.3, 0.4) is 0 Å². The number of rotatable bonds is 7. The van der Waals surface area contributed by atoms with Gasteiger partial charge in [-0.2, -0.15) is 5.26 Å². The van der Waals surface area contributed by atoms with Crippen LogP contribution in [-0.2, 0) is 4.79 Å². The number of amides is 2. The standard InChI is InChI=1S/C16H21N3O3S/c1-11(15(20)21)10-19(3)16(22)18-13-6-4-5-7-14(13)23-12(2)8-9-17/h4-7,11-12H,8,10H2,1-3H3,(H,18,22)(H,20,21). The van der Waals surface area contributed by atoms with Gasteiger partial charge in [0.15, 0.2) is 0 Å². The average Bonchev–Trinajstić information content (AvgIpc) is 2.49. The first-order valence-electron chi connectivity index (χ1n) is 7.22. The van der Waals surface area contributed by atoms with E-state index in [0.717, 1.165) is 4.90 Å². The number of hydrogen-bond donors (Lipinski definition) is 2. The molecule has 1 rings (SSSR count). The summed E-state index contributed by atoms with van der Waals surface area (Å²) >= 11 is 1.52. The molecule has 0 aliphatic heterocycles. The Morgan fingerprint density at radius 3 is 2.65 bits per heavy atom. The van der Waals surface area contributed by atoms with Crippen molar-refractivity contribution in [1.82, 2.24) is 4.90 Å². The largest absolute Gasteiger partial charge is 0.481 e. The van der Waals surface area contributed by atoms with Gasteiger partial charge in [0.2, 0.25) is 0 Å². The van der Waals surface area contributed by atoms with E-state index in [2.05, 4.69) is 11.4 Å². The quantitative estimate of drug-likeness (QED) is 0.746. The Balaban J connectivity index is 2.74. The fourth-order valence-corrected chi connectivity index (χ4v) is 2.84. The number of nitrogens with one attached hydrogen (secondary N) is 1. The predicted molar refractivity (Wildman–Crippen MR) is 90.4 cm³/mol. The molecule has 0 saturated carbocycles. The van der Waals surface area contributed by atoms with Gasteiger partial charge in [0.05, 0.1) is 17.7 Å². The number of para-hydroxylation sites is 1. The van der Waals surface area contributed by atoms with E-state index in [1.54, 1.807) is 20.0 Å². The lowest BCUT2D eigenvalue weighted by Crippen LogP contribution is -2.36. The van der Waals surface area contributed by atoms with E-state index in [1.165, 1.54) is 16.7 Å². The number of anilines is 1. The van der Waals surface area contributed by atoms with Crippen LogP contribution < -0.4 is 5.32 Å². The van der Waals surface area contributed by atoms with Crippen LogP contribution in [0.5, 0.6) is 0 Å². The summed E-state index contributed by atoms with van der Waals surface area (Å²) in [6.07, 6.45) is 0.420. The van der Waals surface area contributed by atoms with Gasteiger partial charge in [0.25, 0.3) is 0 Å². The molecule has 2 unspecified atom stereocenters. The molecule has 2 amide bonds. The Labute approximate surface area is 140 Å². The molecule has 23 heavy (non-hydrogen) atoms. The SMILES string of the molecule is CC(CC#N)Sc1ccccc1NC(=O)N(C)CC(C)C(=O)O. The molecular formula is C16H21N3O3S. The van der Waals surface area contributed by atoms with E-state index in [-0.39, 0.29) is 17.8 Å². The Morgan fingerprint density at radius 1 is 1.39 bits per heavy atom. The summed E-state index contributed by atoms with van der Waals surface area (Å²) in [6.45, 7) is 3.63. The number of thioether (sulfide) groups is 1. The third-order valence-corrected chi connectivity index (χ3v) is 4.33. The van der Waals surface area contributed by atoms with Crippen molar-refractivity contribution in [3.63, 3.8) is 0 Å². The van der Waals surface area contributed by atoms with Crippen molar-refractivity contribution in [1.29, 1.82) is 5.26 Å². The highest BCUT2D eigenvalue weighted by Gasteiger charge is 2.18. The minimum Gasteiger partial charge on any atom is -0.481 e. The molecular weight excluding hydrogens is 314 g/mol. The van der Waals surface area contributed by atoms with Crippen molar-refractivity contribution < 1.29 is 14.7 Å². The predicted octanol–water partition coefficient (Wildman–Crippen LogP) is 3.27. The smallest absolute Gasteiger partial charge is 0.321 e. The highest BCUT2D eigenvalue weighted by Crippen LogP contribution is 2.31. The molecule has 6 nitrogen and oxygen atoms in total. The fourth-order valence-electron chi connectivity index (χ4n) is 1.84. The van der Waals surface area contributed by atoms with E-state index in [0.29, 0.717) is 12.1 Å². The lowest BCUT2D eigenvalue weighted by molar-refractivity contribution is -0.141. The first kappa shape index (κ1) is 18.8. The van der Waals surface area contributed by atoms with Crippen LogP contribution in [-0.4, -0.2) is 40.8 Å². The van der Waals surface area contributed by atoms with Gasteiger partial charge >= 0.3 is 12.0 Å². The molecule has 0 aromatic heterocycles. The first-order chi connectivity index (χ1) is 10.8. The number of carbonyl (C=O) groups is 2. The summed E-state index contributed by atoms with van der Waals surface area (Å²) in [6, 6.07) is 9.12. The number of aliphatic carboxylic acids is 1. The number of urea groups is 1. The number of carbonyl (C=O) groups excluding carboxylic acids is 1. The van der Waals surface area contributed by atoms with Crippen molar-refractivity contribution in [2.24, 2.45) is 5.92 Å². The maximum absolute atomic E-state index is 12.2. The van der Waals surface area contributed by atoms with Gasteiger partial charge in [0.1, 0.15) is 0 Å². The van der Waals surface area contributed by atoms with Crippen LogP contribution in [0, 0.1) is 17.2 Å². The molecule has 7 heteroatoms. The molecule has 0 saturated heterocycles. The third kappa shape index (κ3) is 6.20. The Kier molecular flexibility index (Phi) is 7.42. The second-order valence-electron chi connectivity index (χ2n) is 5.34. The minimum atomic E-state index is -0.939. The number of carboxylic acid groups (broad SMARTS) is 1. The Hall–Kier alpha value is -2.20. The van der Waals surface area contributed by atoms with E-state index >= 15 is 0 Å². The summed E-state index contributed by atoms with van der Waals surface area (Å²) in [5.41, 5.74) is 0.655. The van der Waals surface area contributed by atoms with E-state index in [1.807, 2.05) is 25.1 Å². The number of nitrogens with zero attached hydrogens (tertiary/aromatic N) is 2. The lowest BCUT2D eigenvalue weighted by atomic mass is 10.2. The van der Waals surface area contributed by atoms with E-state index in [9.17, 15) is 9.59 Å². The molecule has 0 fully saturated rings. The molecule has 0 heterocycles. The number of benzene rings is 1. The van der Waals surface area contributed by atoms with Gasteiger partial charge in [-0.25, -0.2) is 4.79 Å². The monoisotopic (exact) mass is 335 g/mol. The molecule has 2 atom stereocenters. The van der Waals surface area contributed by atoms with E-state index in [4.69, 9.17) is 10.4 Å². The highest BCUT2D eigenvalue weighted by molar-refractivity contribution is 8.00. The van der Waals surface area contributed by atoms with Crippen LogP contribution in [0.1, 0.15) is 20.3 Å². The molecule has 0 radical (unpaired) electrons. The average molecular weight is 335 g/mol. The summed E-state index contributed by atoms with van der Waals surface area (Å²) in [5.74, 6) is -1.57. The van der Waals surface area contributed by atoms with Crippen molar-refractivity contribution in [2.45, 2.75) is 30.4 Å². The zero-order valence-electron chi connectivity index (χ0n) is 13.4. The zero-order valence-corrected chi connectivity index (χ0v) is 14.3. The van der Waals surface area contributed by atoms with Gasteiger partial charge < -0.3 is 15.3 Å². The molecule has 0 aliphatic carbocycles. The molecule has 1 aromatic carbocycles. The van der Waals surface area contributed by atoms with Gasteiger partial charge in [-0.15, -0.1) is 11.8 Å². The van der Waals surface area contributed by atoms with Gasteiger partial charge in [-0.1, -0.05) is 26.0 Å². The van der Waals surface area contributed by atoms with Crippen LogP contribution in [0.2, 0.25) is 0 Å². The van der Waals surface area contributed by atoms with E-state index < -0.39 is 11.9 Å². The molecule has 0 spiro atoms. The lowest BCUT2D eigenvalue weighted by Gasteiger charge is -2.21. The number of carboxylic acids is 1. The van der Waals surface area contributed by atoms with Crippen molar-refractivity contribution in [3.8, 4) is 6.07 Å².